The Hall–Kier alpha value is -1.45. The molecule has 2 aromatic rings. The summed E-state index contributed by atoms with van der Waals surface area (Å²) in [6, 6.07) is 9.42. The number of halogens is 1. The first kappa shape index (κ1) is 12.0. The van der Waals surface area contributed by atoms with Gasteiger partial charge in [-0.25, -0.2) is 0 Å². The molecule has 1 aromatic carbocycles. The van der Waals surface area contributed by atoms with Gasteiger partial charge < -0.3 is 14.9 Å². The van der Waals surface area contributed by atoms with Crippen molar-refractivity contribution in [2.24, 2.45) is 5.73 Å². The van der Waals surface area contributed by atoms with Crippen molar-refractivity contribution in [2.75, 3.05) is 7.11 Å². The molecule has 2 rings (SSSR count). The quantitative estimate of drug-likeness (QED) is 0.909. The second kappa shape index (κ2) is 5.25. The maximum atomic E-state index is 6.15. The number of hydrogen-bond donors (Lipinski definition) is 1. The predicted octanol–water partition coefficient (Wildman–Crippen LogP) is 2.99. The molecule has 4 heteroatoms. The van der Waals surface area contributed by atoms with Crippen molar-refractivity contribution in [2.45, 2.75) is 13.0 Å². The lowest BCUT2D eigenvalue weighted by molar-refractivity contribution is 0.414. The van der Waals surface area contributed by atoms with Crippen LogP contribution >= 0.6 is 11.6 Å². The highest BCUT2D eigenvalue weighted by Crippen LogP contribution is 2.25. The van der Waals surface area contributed by atoms with Gasteiger partial charge in [0.2, 0.25) is 0 Å². The van der Waals surface area contributed by atoms with E-state index in [0.29, 0.717) is 18.0 Å². The zero-order valence-electron chi connectivity index (χ0n) is 9.57. The Morgan fingerprint density at radius 2 is 2.00 bits per heavy atom. The summed E-state index contributed by atoms with van der Waals surface area (Å²) in [5, 5.41) is 0.676. The Kier molecular flexibility index (Phi) is 3.71. The SMILES string of the molecule is COc1ccc(Cc2ccc(CN)o2)c(Cl)c1. The van der Waals surface area contributed by atoms with Crippen molar-refractivity contribution in [3.05, 3.63) is 52.4 Å². The van der Waals surface area contributed by atoms with E-state index in [0.717, 1.165) is 22.8 Å². The Morgan fingerprint density at radius 1 is 1.24 bits per heavy atom. The average molecular weight is 252 g/mol. The number of furan rings is 1. The average Bonchev–Trinajstić information content (AvgIpc) is 2.79. The fourth-order valence-electron chi connectivity index (χ4n) is 1.61. The predicted molar refractivity (Wildman–Crippen MR) is 67.4 cm³/mol. The maximum Gasteiger partial charge on any atom is 0.120 e. The van der Waals surface area contributed by atoms with Crippen LogP contribution in [0.3, 0.4) is 0 Å². The summed E-state index contributed by atoms with van der Waals surface area (Å²) in [7, 11) is 1.62. The summed E-state index contributed by atoms with van der Waals surface area (Å²) in [5.41, 5.74) is 6.49. The first-order valence-corrected chi connectivity index (χ1v) is 5.71. The van der Waals surface area contributed by atoms with E-state index in [9.17, 15) is 0 Å². The lowest BCUT2D eigenvalue weighted by Gasteiger charge is -2.05. The molecular weight excluding hydrogens is 238 g/mol. The summed E-state index contributed by atoms with van der Waals surface area (Å²) in [6.07, 6.45) is 0.656. The molecule has 0 amide bonds. The molecule has 3 nitrogen and oxygen atoms in total. The Bertz CT molecular complexity index is 508. The first-order chi connectivity index (χ1) is 8.22. The molecule has 0 saturated heterocycles. The Labute approximate surface area is 105 Å². The van der Waals surface area contributed by atoms with E-state index in [1.165, 1.54) is 0 Å². The third-order valence-electron chi connectivity index (χ3n) is 2.54. The van der Waals surface area contributed by atoms with E-state index >= 15 is 0 Å². The summed E-state index contributed by atoms with van der Waals surface area (Å²) < 4.78 is 10.6. The van der Waals surface area contributed by atoms with Crippen molar-refractivity contribution in [1.82, 2.24) is 0 Å². The maximum absolute atomic E-state index is 6.15. The lowest BCUT2D eigenvalue weighted by atomic mass is 10.1. The molecule has 0 unspecified atom stereocenters. The van der Waals surface area contributed by atoms with Crippen molar-refractivity contribution < 1.29 is 9.15 Å². The van der Waals surface area contributed by atoms with Gasteiger partial charge in [0.15, 0.2) is 0 Å². The largest absolute Gasteiger partial charge is 0.497 e. The van der Waals surface area contributed by atoms with E-state index in [-0.39, 0.29) is 0 Å². The van der Waals surface area contributed by atoms with Crippen LogP contribution in [-0.2, 0) is 13.0 Å². The Balaban J connectivity index is 2.18. The van der Waals surface area contributed by atoms with Crippen molar-refractivity contribution in [1.29, 1.82) is 0 Å². The van der Waals surface area contributed by atoms with Crippen LogP contribution in [-0.4, -0.2) is 7.11 Å². The highest BCUT2D eigenvalue weighted by atomic mass is 35.5. The molecule has 0 saturated carbocycles. The number of ether oxygens (including phenoxy) is 1. The monoisotopic (exact) mass is 251 g/mol. The molecule has 0 spiro atoms. The summed E-state index contributed by atoms with van der Waals surface area (Å²) in [5.74, 6) is 2.39. The fraction of sp³-hybridized carbons (Fsp3) is 0.231. The number of hydrogen-bond acceptors (Lipinski definition) is 3. The summed E-state index contributed by atoms with van der Waals surface area (Å²) >= 11 is 6.15. The van der Waals surface area contributed by atoms with Gasteiger partial charge in [-0.1, -0.05) is 17.7 Å². The zero-order chi connectivity index (χ0) is 12.3. The van der Waals surface area contributed by atoms with Gasteiger partial charge in [-0.3, -0.25) is 0 Å². The molecule has 1 heterocycles. The molecule has 2 N–H and O–H groups in total. The molecule has 0 atom stereocenters. The molecule has 0 aliphatic carbocycles. The Morgan fingerprint density at radius 3 is 2.59 bits per heavy atom. The summed E-state index contributed by atoms with van der Waals surface area (Å²) in [4.78, 5) is 0. The van der Waals surface area contributed by atoms with E-state index < -0.39 is 0 Å². The normalized spacial score (nSPS) is 10.5. The van der Waals surface area contributed by atoms with Gasteiger partial charge in [-0.2, -0.15) is 0 Å². The highest BCUT2D eigenvalue weighted by Gasteiger charge is 2.06. The minimum Gasteiger partial charge on any atom is -0.497 e. The van der Waals surface area contributed by atoms with Crippen LogP contribution in [0.4, 0.5) is 0 Å². The van der Waals surface area contributed by atoms with Crippen LogP contribution < -0.4 is 10.5 Å². The molecular formula is C13H14ClNO2. The van der Waals surface area contributed by atoms with Gasteiger partial charge in [0.25, 0.3) is 0 Å². The van der Waals surface area contributed by atoms with Crippen LogP contribution in [0.15, 0.2) is 34.7 Å². The third-order valence-corrected chi connectivity index (χ3v) is 2.90. The number of nitrogens with two attached hydrogens (primary N) is 1. The van der Waals surface area contributed by atoms with Gasteiger partial charge in [0, 0.05) is 11.4 Å². The van der Waals surface area contributed by atoms with Crippen LogP contribution in [0.5, 0.6) is 5.75 Å². The minimum absolute atomic E-state index is 0.413. The molecule has 0 fully saturated rings. The van der Waals surface area contributed by atoms with Crippen LogP contribution in [0.25, 0.3) is 0 Å². The minimum atomic E-state index is 0.413. The van der Waals surface area contributed by atoms with Crippen molar-refractivity contribution >= 4 is 11.6 Å². The third kappa shape index (κ3) is 2.81. The second-order valence-electron chi connectivity index (χ2n) is 3.71. The second-order valence-corrected chi connectivity index (χ2v) is 4.11. The van der Waals surface area contributed by atoms with Crippen molar-refractivity contribution in [3.63, 3.8) is 0 Å². The van der Waals surface area contributed by atoms with Crippen LogP contribution in [0.2, 0.25) is 5.02 Å². The van der Waals surface area contributed by atoms with E-state index in [1.807, 2.05) is 24.3 Å². The number of methoxy groups -OCH3 is 1. The first-order valence-electron chi connectivity index (χ1n) is 5.33. The van der Waals surface area contributed by atoms with Gasteiger partial charge >= 0.3 is 0 Å². The van der Waals surface area contributed by atoms with Crippen LogP contribution in [0.1, 0.15) is 17.1 Å². The lowest BCUT2D eigenvalue weighted by Crippen LogP contribution is -1.93. The standard InChI is InChI=1S/C13H14ClNO2/c1-16-10-3-2-9(13(14)7-10)6-11-4-5-12(8-15)17-11/h2-5,7H,6,8,15H2,1H3. The molecule has 17 heavy (non-hydrogen) atoms. The fourth-order valence-corrected chi connectivity index (χ4v) is 1.85. The van der Waals surface area contributed by atoms with Gasteiger partial charge in [0.05, 0.1) is 13.7 Å². The molecule has 0 radical (unpaired) electrons. The molecule has 1 aromatic heterocycles. The van der Waals surface area contributed by atoms with E-state index in [1.54, 1.807) is 13.2 Å². The highest BCUT2D eigenvalue weighted by molar-refractivity contribution is 6.31. The van der Waals surface area contributed by atoms with E-state index in [2.05, 4.69) is 0 Å². The number of rotatable bonds is 4. The summed E-state index contributed by atoms with van der Waals surface area (Å²) in [6.45, 7) is 0.413. The van der Waals surface area contributed by atoms with Gasteiger partial charge in [-0.15, -0.1) is 0 Å². The molecule has 0 aliphatic heterocycles. The molecule has 90 valence electrons. The van der Waals surface area contributed by atoms with E-state index in [4.69, 9.17) is 26.5 Å². The van der Waals surface area contributed by atoms with Gasteiger partial charge in [-0.05, 0) is 29.8 Å². The van der Waals surface area contributed by atoms with Gasteiger partial charge in [0.1, 0.15) is 17.3 Å². The topological polar surface area (TPSA) is 48.4 Å². The molecule has 0 bridgehead atoms. The van der Waals surface area contributed by atoms with Crippen molar-refractivity contribution in [3.8, 4) is 5.75 Å². The zero-order valence-corrected chi connectivity index (χ0v) is 10.3. The smallest absolute Gasteiger partial charge is 0.120 e. The van der Waals surface area contributed by atoms with Crippen LogP contribution in [0, 0.1) is 0 Å². The molecule has 0 aliphatic rings. The number of benzene rings is 1.